The van der Waals surface area contributed by atoms with Crippen LogP contribution in [0.1, 0.15) is 5.56 Å². The van der Waals surface area contributed by atoms with Crippen LogP contribution in [0, 0.1) is 0 Å². The molecule has 136 valence electrons. The zero-order valence-corrected chi connectivity index (χ0v) is 15.5. The summed E-state index contributed by atoms with van der Waals surface area (Å²) in [5, 5.41) is 17.7. The van der Waals surface area contributed by atoms with Gasteiger partial charge in [-0.15, -0.1) is 10.2 Å². The summed E-state index contributed by atoms with van der Waals surface area (Å²) in [5.74, 6) is -0.249. The van der Waals surface area contributed by atoms with E-state index in [-0.39, 0.29) is 5.91 Å². The van der Waals surface area contributed by atoms with Crippen LogP contribution in [0.5, 0.6) is 0 Å². The van der Waals surface area contributed by atoms with Crippen molar-refractivity contribution in [2.24, 2.45) is 0 Å². The van der Waals surface area contributed by atoms with Crippen molar-refractivity contribution >= 4 is 45.7 Å². The molecule has 1 aromatic heterocycles. The van der Waals surface area contributed by atoms with Gasteiger partial charge in [0.25, 0.3) is 0 Å². The molecule has 2 aromatic carbocycles. The summed E-state index contributed by atoms with van der Waals surface area (Å²) in [5.41, 5.74) is 2.56. The van der Waals surface area contributed by atoms with Crippen molar-refractivity contribution in [1.82, 2.24) is 15.5 Å². The summed E-state index contributed by atoms with van der Waals surface area (Å²) >= 11 is 7.20. The highest BCUT2D eigenvalue weighted by molar-refractivity contribution is 7.18. The molecule has 0 saturated heterocycles. The molecule has 0 saturated carbocycles. The first-order valence-corrected chi connectivity index (χ1v) is 9.34. The van der Waals surface area contributed by atoms with Gasteiger partial charge >= 0.3 is 6.03 Å². The number of urea groups is 1. The minimum absolute atomic E-state index is 0.249. The molecule has 0 bridgehead atoms. The van der Waals surface area contributed by atoms with E-state index in [0.29, 0.717) is 21.6 Å². The Morgan fingerprint density at radius 1 is 1.19 bits per heavy atom. The van der Waals surface area contributed by atoms with Gasteiger partial charge in [-0.1, -0.05) is 53.3 Å². The lowest BCUT2D eigenvalue weighted by Gasteiger charge is -2.25. The topological polar surface area (TPSA) is 96.0 Å². The van der Waals surface area contributed by atoms with Gasteiger partial charge in [0.15, 0.2) is 0 Å². The largest absolute Gasteiger partial charge is 0.326 e. The number of rotatable bonds is 3. The Morgan fingerprint density at radius 3 is 2.89 bits per heavy atom. The second-order valence-electron chi connectivity index (χ2n) is 5.92. The van der Waals surface area contributed by atoms with Crippen LogP contribution in [-0.2, 0) is 11.2 Å². The van der Waals surface area contributed by atoms with E-state index in [4.69, 9.17) is 11.6 Å². The maximum absolute atomic E-state index is 12.3. The maximum Gasteiger partial charge on any atom is 0.321 e. The SMILES string of the molecule is O=C(Nc1nnc(-c2cccc(Cl)c2)s1)NC1Cc2ccccc2NC1=O. The molecule has 27 heavy (non-hydrogen) atoms. The molecule has 0 radical (unpaired) electrons. The summed E-state index contributed by atoms with van der Waals surface area (Å²) in [7, 11) is 0. The average Bonchev–Trinajstić information content (AvgIpc) is 3.11. The average molecular weight is 400 g/mol. The van der Waals surface area contributed by atoms with Gasteiger partial charge in [-0.3, -0.25) is 10.1 Å². The van der Waals surface area contributed by atoms with Crippen LogP contribution in [-0.4, -0.2) is 28.2 Å². The second-order valence-corrected chi connectivity index (χ2v) is 7.34. The number of hydrogen-bond acceptors (Lipinski definition) is 5. The zero-order valence-electron chi connectivity index (χ0n) is 13.9. The first kappa shape index (κ1) is 17.4. The predicted molar refractivity (Wildman–Crippen MR) is 105 cm³/mol. The Balaban J connectivity index is 1.41. The molecular formula is C18H14ClN5O2S. The number of para-hydroxylation sites is 1. The number of halogens is 1. The highest BCUT2D eigenvalue weighted by Crippen LogP contribution is 2.28. The number of hydrogen-bond donors (Lipinski definition) is 3. The normalized spacial score (nSPS) is 15.6. The van der Waals surface area contributed by atoms with Gasteiger partial charge in [-0.05, 0) is 23.8 Å². The third-order valence-electron chi connectivity index (χ3n) is 4.04. The van der Waals surface area contributed by atoms with E-state index < -0.39 is 12.1 Å². The molecule has 2 heterocycles. The number of nitrogens with one attached hydrogen (secondary N) is 3. The van der Waals surface area contributed by atoms with E-state index >= 15 is 0 Å². The molecule has 3 amide bonds. The number of anilines is 2. The van der Waals surface area contributed by atoms with Crippen molar-refractivity contribution in [2.75, 3.05) is 10.6 Å². The van der Waals surface area contributed by atoms with Gasteiger partial charge < -0.3 is 10.6 Å². The van der Waals surface area contributed by atoms with Gasteiger partial charge in [0.2, 0.25) is 11.0 Å². The first-order valence-electron chi connectivity index (χ1n) is 8.14. The van der Waals surface area contributed by atoms with Crippen LogP contribution in [0.15, 0.2) is 48.5 Å². The van der Waals surface area contributed by atoms with E-state index in [1.807, 2.05) is 36.4 Å². The fourth-order valence-corrected chi connectivity index (χ4v) is 3.70. The van der Waals surface area contributed by atoms with Crippen molar-refractivity contribution in [3.8, 4) is 10.6 Å². The maximum atomic E-state index is 12.3. The molecule has 9 heteroatoms. The van der Waals surface area contributed by atoms with Crippen LogP contribution in [0.3, 0.4) is 0 Å². The van der Waals surface area contributed by atoms with Crippen molar-refractivity contribution < 1.29 is 9.59 Å². The monoisotopic (exact) mass is 399 g/mol. The van der Waals surface area contributed by atoms with Gasteiger partial charge in [0, 0.05) is 22.7 Å². The number of carbonyl (C=O) groups excluding carboxylic acids is 2. The Kier molecular flexibility index (Phi) is 4.74. The Morgan fingerprint density at radius 2 is 2.04 bits per heavy atom. The molecule has 1 atom stereocenters. The number of fused-ring (bicyclic) bond motifs is 1. The molecule has 0 aliphatic carbocycles. The molecule has 1 aliphatic heterocycles. The molecule has 3 aromatic rings. The summed E-state index contributed by atoms with van der Waals surface area (Å²) in [4.78, 5) is 24.4. The number of nitrogens with zero attached hydrogens (tertiary/aromatic N) is 2. The Hall–Kier alpha value is -2.97. The fourth-order valence-electron chi connectivity index (χ4n) is 2.77. The van der Waals surface area contributed by atoms with Gasteiger partial charge in [-0.25, -0.2) is 4.79 Å². The molecule has 7 nitrogen and oxygen atoms in total. The molecule has 4 rings (SSSR count). The van der Waals surface area contributed by atoms with Crippen LogP contribution in [0.2, 0.25) is 5.02 Å². The quantitative estimate of drug-likeness (QED) is 0.627. The highest BCUT2D eigenvalue weighted by atomic mass is 35.5. The molecule has 1 aliphatic rings. The highest BCUT2D eigenvalue weighted by Gasteiger charge is 2.27. The first-order chi connectivity index (χ1) is 13.1. The molecule has 1 unspecified atom stereocenters. The van der Waals surface area contributed by atoms with E-state index in [1.165, 1.54) is 11.3 Å². The second kappa shape index (κ2) is 7.34. The standard InChI is InChI=1S/C18H14ClN5O2S/c19-12-6-3-5-11(8-12)16-23-24-18(27-16)22-17(26)21-14-9-10-4-1-2-7-13(10)20-15(14)25/h1-8,14H,9H2,(H,20,25)(H2,21,22,24,26). The smallest absolute Gasteiger partial charge is 0.321 e. The lowest BCUT2D eigenvalue weighted by Crippen LogP contribution is -2.48. The van der Waals surface area contributed by atoms with E-state index in [0.717, 1.165) is 16.8 Å². The van der Waals surface area contributed by atoms with E-state index in [9.17, 15) is 9.59 Å². The van der Waals surface area contributed by atoms with Gasteiger partial charge in [0.05, 0.1) is 0 Å². The fraction of sp³-hybridized carbons (Fsp3) is 0.111. The minimum atomic E-state index is -0.653. The van der Waals surface area contributed by atoms with Crippen LogP contribution < -0.4 is 16.0 Å². The number of aromatic nitrogens is 2. The van der Waals surface area contributed by atoms with Gasteiger partial charge in [0.1, 0.15) is 11.0 Å². The Bertz CT molecular complexity index is 1020. The third-order valence-corrected chi connectivity index (χ3v) is 5.16. The van der Waals surface area contributed by atoms with Gasteiger partial charge in [-0.2, -0.15) is 0 Å². The van der Waals surface area contributed by atoms with Crippen LogP contribution in [0.4, 0.5) is 15.6 Å². The van der Waals surface area contributed by atoms with E-state index in [1.54, 1.807) is 12.1 Å². The summed E-state index contributed by atoms with van der Waals surface area (Å²) < 4.78 is 0. The van der Waals surface area contributed by atoms with Crippen molar-refractivity contribution in [1.29, 1.82) is 0 Å². The third kappa shape index (κ3) is 3.91. The van der Waals surface area contributed by atoms with Crippen LogP contribution >= 0.6 is 22.9 Å². The summed E-state index contributed by atoms with van der Waals surface area (Å²) in [6.07, 6.45) is 0.430. The molecular weight excluding hydrogens is 386 g/mol. The summed E-state index contributed by atoms with van der Waals surface area (Å²) in [6.45, 7) is 0. The molecule has 0 spiro atoms. The minimum Gasteiger partial charge on any atom is -0.326 e. The summed E-state index contributed by atoms with van der Waals surface area (Å²) in [6, 6.07) is 13.6. The zero-order chi connectivity index (χ0) is 18.8. The lowest BCUT2D eigenvalue weighted by molar-refractivity contribution is -0.118. The Labute approximate surface area is 163 Å². The number of amides is 3. The van der Waals surface area contributed by atoms with E-state index in [2.05, 4.69) is 26.1 Å². The van der Waals surface area contributed by atoms with Crippen LogP contribution in [0.25, 0.3) is 10.6 Å². The van der Waals surface area contributed by atoms with Crippen molar-refractivity contribution in [3.63, 3.8) is 0 Å². The van der Waals surface area contributed by atoms with Crippen molar-refractivity contribution in [3.05, 3.63) is 59.1 Å². The molecule has 3 N–H and O–H groups in total. The molecule has 0 fully saturated rings. The predicted octanol–water partition coefficient (Wildman–Crippen LogP) is 3.54. The van der Waals surface area contributed by atoms with Crippen molar-refractivity contribution in [2.45, 2.75) is 12.5 Å². The number of benzene rings is 2. The lowest BCUT2D eigenvalue weighted by atomic mass is 9.99. The number of carbonyl (C=O) groups is 2.